The fourth-order valence-electron chi connectivity index (χ4n) is 10.0. The number of aromatic nitrogens is 1. The summed E-state index contributed by atoms with van der Waals surface area (Å²) < 4.78 is 2.41. The molecule has 0 saturated heterocycles. The van der Waals surface area contributed by atoms with Crippen molar-refractivity contribution in [2.24, 2.45) is 0 Å². The van der Waals surface area contributed by atoms with E-state index < -0.39 is 0 Å². The third-order valence-corrected chi connectivity index (χ3v) is 12.8. The first-order chi connectivity index (χ1) is 31.8. The van der Waals surface area contributed by atoms with E-state index in [0.717, 1.165) is 39.4 Å². The maximum absolute atomic E-state index is 2.50. The van der Waals surface area contributed by atoms with Crippen LogP contribution in [0.15, 0.2) is 255 Å². The van der Waals surface area contributed by atoms with Crippen LogP contribution in [0, 0.1) is 0 Å². The summed E-state index contributed by atoms with van der Waals surface area (Å²) in [5.41, 5.74) is 16.2. The van der Waals surface area contributed by atoms with E-state index in [1.165, 1.54) is 71.2 Å². The molecule has 1 heterocycles. The van der Waals surface area contributed by atoms with Crippen molar-refractivity contribution in [1.29, 1.82) is 0 Å². The van der Waals surface area contributed by atoms with Crippen LogP contribution in [0.4, 0.5) is 17.1 Å². The molecule has 64 heavy (non-hydrogen) atoms. The van der Waals surface area contributed by atoms with Crippen molar-refractivity contribution in [3.8, 4) is 50.2 Å². The molecule has 0 aliphatic rings. The van der Waals surface area contributed by atoms with E-state index in [9.17, 15) is 0 Å². The predicted molar refractivity (Wildman–Crippen MR) is 272 cm³/mol. The molecule has 0 atom stereocenters. The van der Waals surface area contributed by atoms with Gasteiger partial charge in [-0.3, -0.25) is 0 Å². The third-order valence-electron chi connectivity index (χ3n) is 12.8. The molecule has 0 N–H and O–H groups in total. The molecule has 2 heteroatoms. The lowest BCUT2D eigenvalue weighted by atomic mass is 9.89. The summed E-state index contributed by atoms with van der Waals surface area (Å²) >= 11 is 0. The summed E-state index contributed by atoms with van der Waals surface area (Å²) in [7, 11) is 0. The van der Waals surface area contributed by atoms with Gasteiger partial charge in [-0.05, 0) is 97.4 Å². The number of anilines is 3. The van der Waals surface area contributed by atoms with E-state index in [1.54, 1.807) is 0 Å². The van der Waals surface area contributed by atoms with Crippen LogP contribution >= 0.6 is 0 Å². The van der Waals surface area contributed by atoms with Gasteiger partial charge < -0.3 is 9.47 Å². The standard InChI is InChI=1S/C62H42N2/c1-4-20-43(21-5-1)49-33-16-24-45-26-18-35-55(61(45)49)52-31-11-14-38-58(52)64(48-40-41-54-51-30-10-13-37-57(51)63(60(54)42-48)47-28-8-3-9-29-47)59-39-15-12-32-53(59)56-36-19-27-46-25-17-34-50(62(46)56)44-22-6-2-7-23-44/h1-42H. The Morgan fingerprint density at radius 2 is 0.703 bits per heavy atom. The van der Waals surface area contributed by atoms with Gasteiger partial charge in [0.25, 0.3) is 0 Å². The Morgan fingerprint density at radius 1 is 0.281 bits per heavy atom. The summed E-state index contributed by atoms with van der Waals surface area (Å²) in [4.78, 5) is 2.50. The highest BCUT2D eigenvalue weighted by Gasteiger charge is 2.24. The van der Waals surface area contributed by atoms with Crippen molar-refractivity contribution in [1.82, 2.24) is 4.57 Å². The molecule has 12 rings (SSSR count). The molecule has 0 aliphatic heterocycles. The van der Waals surface area contributed by atoms with Crippen molar-refractivity contribution >= 4 is 60.4 Å². The smallest absolute Gasteiger partial charge is 0.0561 e. The molecule has 300 valence electrons. The summed E-state index contributed by atoms with van der Waals surface area (Å²) in [6.07, 6.45) is 0. The third kappa shape index (κ3) is 6.27. The summed E-state index contributed by atoms with van der Waals surface area (Å²) in [6, 6.07) is 92.9. The molecular weight excluding hydrogens is 773 g/mol. The Kier molecular flexibility index (Phi) is 9.20. The average Bonchev–Trinajstić information content (AvgIpc) is 3.70. The van der Waals surface area contributed by atoms with Crippen molar-refractivity contribution < 1.29 is 0 Å². The van der Waals surface area contributed by atoms with Gasteiger partial charge >= 0.3 is 0 Å². The Labute approximate surface area is 373 Å². The normalized spacial score (nSPS) is 11.4. The van der Waals surface area contributed by atoms with Crippen molar-refractivity contribution in [2.75, 3.05) is 4.90 Å². The summed E-state index contributed by atoms with van der Waals surface area (Å²) in [6.45, 7) is 0. The second-order valence-electron chi connectivity index (χ2n) is 16.4. The van der Waals surface area contributed by atoms with Crippen LogP contribution in [0.2, 0.25) is 0 Å². The maximum Gasteiger partial charge on any atom is 0.0561 e. The highest BCUT2D eigenvalue weighted by Crippen LogP contribution is 2.49. The molecule has 12 aromatic rings. The van der Waals surface area contributed by atoms with Gasteiger partial charge in [-0.25, -0.2) is 0 Å². The van der Waals surface area contributed by atoms with Crippen LogP contribution in [-0.2, 0) is 0 Å². The number of benzene rings is 11. The van der Waals surface area contributed by atoms with Crippen LogP contribution in [0.1, 0.15) is 0 Å². The monoisotopic (exact) mass is 814 g/mol. The zero-order valence-corrected chi connectivity index (χ0v) is 35.1. The molecule has 11 aromatic carbocycles. The number of para-hydroxylation sites is 4. The molecule has 0 unspecified atom stereocenters. The van der Waals surface area contributed by atoms with Crippen LogP contribution in [0.25, 0.3) is 93.5 Å². The molecule has 0 aliphatic carbocycles. The number of hydrogen-bond donors (Lipinski definition) is 0. The quantitative estimate of drug-likeness (QED) is 0.148. The Hall–Kier alpha value is -8.46. The van der Waals surface area contributed by atoms with Crippen molar-refractivity contribution in [2.45, 2.75) is 0 Å². The van der Waals surface area contributed by atoms with Gasteiger partial charge in [0.05, 0.1) is 22.4 Å². The van der Waals surface area contributed by atoms with Gasteiger partial charge in [0.15, 0.2) is 0 Å². The van der Waals surface area contributed by atoms with Crippen LogP contribution in [-0.4, -0.2) is 4.57 Å². The van der Waals surface area contributed by atoms with Gasteiger partial charge in [-0.2, -0.15) is 0 Å². The first-order valence-corrected chi connectivity index (χ1v) is 22.0. The van der Waals surface area contributed by atoms with Crippen molar-refractivity contribution in [3.05, 3.63) is 255 Å². The van der Waals surface area contributed by atoms with Crippen molar-refractivity contribution in [3.63, 3.8) is 0 Å². The Morgan fingerprint density at radius 3 is 1.25 bits per heavy atom. The first kappa shape index (κ1) is 37.3. The van der Waals surface area contributed by atoms with Gasteiger partial charge in [-0.1, -0.05) is 212 Å². The van der Waals surface area contributed by atoms with Gasteiger partial charge in [0.1, 0.15) is 0 Å². The number of rotatable bonds is 8. The lowest BCUT2D eigenvalue weighted by molar-refractivity contribution is 1.18. The molecule has 0 amide bonds. The molecule has 0 radical (unpaired) electrons. The maximum atomic E-state index is 2.50. The minimum atomic E-state index is 1.07. The molecule has 0 saturated carbocycles. The van der Waals surface area contributed by atoms with E-state index in [1.807, 2.05) is 0 Å². The van der Waals surface area contributed by atoms with E-state index in [4.69, 9.17) is 0 Å². The summed E-state index contributed by atoms with van der Waals surface area (Å²) in [5.74, 6) is 0. The van der Waals surface area contributed by atoms with Crippen LogP contribution in [0.3, 0.4) is 0 Å². The number of nitrogens with zero attached hydrogens (tertiary/aromatic N) is 2. The van der Waals surface area contributed by atoms with E-state index in [2.05, 4.69) is 264 Å². The lowest BCUT2D eigenvalue weighted by Crippen LogP contribution is -2.13. The highest BCUT2D eigenvalue weighted by atomic mass is 15.1. The molecule has 1 aromatic heterocycles. The Bertz CT molecular complexity index is 3480. The lowest BCUT2D eigenvalue weighted by Gasteiger charge is -2.31. The molecule has 0 fully saturated rings. The van der Waals surface area contributed by atoms with E-state index >= 15 is 0 Å². The first-order valence-electron chi connectivity index (χ1n) is 22.0. The predicted octanol–water partition coefficient (Wildman–Crippen LogP) is 17.2. The molecule has 2 nitrogen and oxygen atoms in total. The van der Waals surface area contributed by atoms with Gasteiger partial charge in [-0.15, -0.1) is 0 Å². The number of hydrogen-bond acceptors (Lipinski definition) is 1. The summed E-state index contributed by atoms with van der Waals surface area (Å²) in [5, 5.41) is 7.33. The van der Waals surface area contributed by atoms with Crippen LogP contribution < -0.4 is 4.90 Å². The second kappa shape index (κ2) is 15.8. The van der Waals surface area contributed by atoms with Crippen LogP contribution in [0.5, 0.6) is 0 Å². The average molecular weight is 815 g/mol. The fourth-order valence-corrected chi connectivity index (χ4v) is 10.0. The SMILES string of the molecule is c1ccc(-c2cccc3cccc(-c4ccccc4N(c4ccc5c6ccccc6n(-c6ccccc6)c5c4)c4ccccc4-c4cccc5cccc(-c6ccccc6)c45)c23)cc1. The minimum Gasteiger partial charge on any atom is -0.309 e. The molecule has 0 bridgehead atoms. The molecule has 0 spiro atoms. The number of fused-ring (bicyclic) bond motifs is 5. The zero-order chi connectivity index (χ0) is 42.4. The second-order valence-corrected chi connectivity index (χ2v) is 16.4. The Balaban J connectivity index is 1.17. The minimum absolute atomic E-state index is 1.07. The van der Waals surface area contributed by atoms with E-state index in [-0.39, 0.29) is 0 Å². The van der Waals surface area contributed by atoms with Gasteiger partial charge in [0, 0.05) is 33.3 Å². The highest BCUT2D eigenvalue weighted by molar-refractivity contribution is 6.13. The fraction of sp³-hybridized carbons (Fsp3) is 0. The zero-order valence-electron chi connectivity index (χ0n) is 35.1. The largest absolute Gasteiger partial charge is 0.309 e. The van der Waals surface area contributed by atoms with Gasteiger partial charge in [0.2, 0.25) is 0 Å². The molecular formula is C62H42N2. The van der Waals surface area contributed by atoms with E-state index in [0.29, 0.717) is 0 Å². The topological polar surface area (TPSA) is 8.17 Å².